The fraction of sp³-hybridized carbons (Fsp3) is 0.158. The van der Waals surface area contributed by atoms with Crippen molar-refractivity contribution < 1.29 is 14.6 Å². The summed E-state index contributed by atoms with van der Waals surface area (Å²) in [5, 5.41) is 10.0. The van der Waals surface area contributed by atoms with Crippen LogP contribution >= 0.6 is 23.2 Å². The van der Waals surface area contributed by atoms with E-state index in [1.807, 2.05) is 42.5 Å². The topological polar surface area (TPSA) is 64.3 Å². The molecular formula is C19H16Cl2N2O3. The second-order valence-corrected chi connectivity index (χ2v) is 6.42. The number of rotatable bonds is 6. The van der Waals surface area contributed by atoms with Crippen molar-refractivity contribution in [3.63, 3.8) is 0 Å². The Hall–Kier alpha value is -2.50. The molecule has 0 saturated heterocycles. The zero-order chi connectivity index (χ0) is 18.7. The van der Waals surface area contributed by atoms with Gasteiger partial charge in [0.1, 0.15) is 11.6 Å². The zero-order valence-electron chi connectivity index (χ0n) is 13.9. The van der Waals surface area contributed by atoms with E-state index in [1.54, 1.807) is 17.7 Å². The van der Waals surface area contributed by atoms with Crippen LogP contribution in [0.5, 0.6) is 5.75 Å². The summed E-state index contributed by atoms with van der Waals surface area (Å²) in [6, 6.07) is 14.8. The number of aromatic nitrogens is 2. The number of halogens is 2. The number of aliphatic carboxylic acids is 1. The van der Waals surface area contributed by atoms with Crippen molar-refractivity contribution in [1.82, 2.24) is 9.55 Å². The predicted molar refractivity (Wildman–Crippen MR) is 101 cm³/mol. The van der Waals surface area contributed by atoms with Crippen LogP contribution in [0.3, 0.4) is 0 Å². The van der Waals surface area contributed by atoms with Gasteiger partial charge in [-0.2, -0.15) is 0 Å². The van der Waals surface area contributed by atoms with Crippen molar-refractivity contribution in [2.24, 2.45) is 0 Å². The van der Waals surface area contributed by atoms with Crippen LogP contribution in [0.25, 0.3) is 11.4 Å². The van der Waals surface area contributed by atoms with Crippen molar-refractivity contribution in [2.45, 2.75) is 13.0 Å². The molecule has 26 heavy (non-hydrogen) atoms. The first-order valence-electron chi connectivity index (χ1n) is 7.84. The van der Waals surface area contributed by atoms with Crippen LogP contribution in [0.1, 0.15) is 11.3 Å². The average Bonchev–Trinajstić information content (AvgIpc) is 2.92. The molecule has 0 aliphatic heterocycles. The molecule has 0 bridgehead atoms. The second kappa shape index (κ2) is 7.81. The number of carbonyl (C=O) groups is 1. The van der Waals surface area contributed by atoms with Gasteiger partial charge in [-0.05, 0) is 23.8 Å². The summed E-state index contributed by atoms with van der Waals surface area (Å²) < 4.78 is 7.05. The molecule has 0 amide bonds. The molecule has 1 aromatic heterocycles. The Balaban J connectivity index is 2.14. The van der Waals surface area contributed by atoms with Crippen LogP contribution < -0.4 is 4.74 Å². The highest BCUT2D eigenvalue weighted by molar-refractivity contribution is 6.31. The van der Waals surface area contributed by atoms with Gasteiger partial charge >= 0.3 is 5.97 Å². The van der Waals surface area contributed by atoms with Gasteiger partial charge in [0, 0.05) is 10.6 Å². The minimum Gasteiger partial charge on any atom is -0.497 e. The number of benzene rings is 2. The van der Waals surface area contributed by atoms with Crippen LogP contribution in [-0.4, -0.2) is 27.7 Å². The first kappa shape index (κ1) is 18.3. The second-order valence-electron chi connectivity index (χ2n) is 5.65. The Kier molecular flexibility index (Phi) is 5.49. The molecule has 1 N–H and O–H groups in total. The molecule has 3 aromatic rings. The van der Waals surface area contributed by atoms with Crippen molar-refractivity contribution in [2.75, 3.05) is 7.11 Å². The number of hydrogen-bond acceptors (Lipinski definition) is 3. The maximum atomic E-state index is 11.3. The lowest BCUT2D eigenvalue weighted by atomic mass is 10.1. The highest BCUT2D eigenvalue weighted by Crippen LogP contribution is 2.30. The van der Waals surface area contributed by atoms with E-state index in [9.17, 15) is 9.90 Å². The number of imidazole rings is 1. The van der Waals surface area contributed by atoms with Crippen molar-refractivity contribution in [1.29, 1.82) is 0 Å². The minimum absolute atomic E-state index is 0.164. The van der Waals surface area contributed by atoms with Crippen LogP contribution in [0.4, 0.5) is 0 Å². The molecule has 0 spiro atoms. The van der Waals surface area contributed by atoms with Crippen LogP contribution in [0.15, 0.2) is 48.5 Å². The molecule has 2 aromatic carbocycles. The molecule has 0 radical (unpaired) electrons. The molecular weight excluding hydrogens is 375 g/mol. The van der Waals surface area contributed by atoms with E-state index in [0.717, 1.165) is 11.1 Å². The normalized spacial score (nSPS) is 10.7. The van der Waals surface area contributed by atoms with Gasteiger partial charge in [-0.3, -0.25) is 4.79 Å². The van der Waals surface area contributed by atoms with Gasteiger partial charge in [0.2, 0.25) is 0 Å². The Morgan fingerprint density at radius 3 is 2.65 bits per heavy atom. The van der Waals surface area contributed by atoms with Gasteiger partial charge in [-0.15, -0.1) is 0 Å². The zero-order valence-corrected chi connectivity index (χ0v) is 15.5. The lowest BCUT2D eigenvalue weighted by Crippen LogP contribution is -2.11. The predicted octanol–water partition coefficient (Wildman–Crippen LogP) is 4.54. The van der Waals surface area contributed by atoms with Gasteiger partial charge in [0.25, 0.3) is 0 Å². The maximum absolute atomic E-state index is 11.3. The standard InChI is InChI=1S/C19H16Cl2N2O3/c1-26-14-7-4-6-12(9-14)19-22-18(21)16(10-17(24)25)23(19)11-13-5-2-3-8-15(13)20/h2-9H,10-11H2,1H3,(H,24,25). The smallest absolute Gasteiger partial charge is 0.309 e. The summed E-state index contributed by atoms with van der Waals surface area (Å²) in [6.45, 7) is 0.356. The van der Waals surface area contributed by atoms with Crippen molar-refractivity contribution in [3.05, 3.63) is 70.0 Å². The van der Waals surface area contributed by atoms with Crippen LogP contribution in [-0.2, 0) is 17.8 Å². The quantitative estimate of drug-likeness (QED) is 0.670. The largest absolute Gasteiger partial charge is 0.497 e. The maximum Gasteiger partial charge on any atom is 0.309 e. The number of methoxy groups -OCH3 is 1. The third-order valence-corrected chi connectivity index (χ3v) is 4.63. The average molecular weight is 391 g/mol. The molecule has 0 unspecified atom stereocenters. The third-order valence-electron chi connectivity index (χ3n) is 3.96. The first-order valence-corrected chi connectivity index (χ1v) is 8.59. The van der Waals surface area contributed by atoms with Crippen molar-refractivity contribution >= 4 is 29.2 Å². The first-order chi connectivity index (χ1) is 12.5. The molecule has 0 atom stereocenters. The Bertz CT molecular complexity index is 954. The molecule has 3 rings (SSSR count). The van der Waals surface area contributed by atoms with E-state index in [0.29, 0.717) is 28.8 Å². The summed E-state index contributed by atoms with van der Waals surface area (Å²) in [5.41, 5.74) is 2.05. The van der Waals surface area contributed by atoms with E-state index >= 15 is 0 Å². The van der Waals surface area contributed by atoms with Crippen molar-refractivity contribution in [3.8, 4) is 17.1 Å². The molecule has 7 heteroatoms. The van der Waals surface area contributed by atoms with Gasteiger partial charge in [0.15, 0.2) is 5.15 Å². The van der Waals surface area contributed by atoms with E-state index in [1.165, 1.54) is 0 Å². The summed E-state index contributed by atoms with van der Waals surface area (Å²) in [5.74, 6) is 0.250. The molecule has 0 saturated carbocycles. The summed E-state index contributed by atoms with van der Waals surface area (Å²) in [7, 11) is 1.58. The van der Waals surface area contributed by atoms with Gasteiger partial charge < -0.3 is 14.4 Å². The summed E-state index contributed by atoms with van der Waals surface area (Å²) in [6.07, 6.45) is -0.236. The number of nitrogens with zero attached hydrogens (tertiary/aromatic N) is 2. The molecule has 134 valence electrons. The molecule has 0 aliphatic carbocycles. The van der Waals surface area contributed by atoms with E-state index in [4.69, 9.17) is 27.9 Å². The number of hydrogen-bond donors (Lipinski definition) is 1. The minimum atomic E-state index is -0.982. The lowest BCUT2D eigenvalue weighted by Gasteiger charge is -2.13. The lowest BCUT2D eigenvalue weighted by molar-refractivity contribution is -0.136. The van der Waals surface area contributed by atoms with E-state index < -0.39 is 5.97 Å². The number of carboxylic acids is 1. The van der Waals surface area contributed by atoms with Gasteiger partial charge in [-0.25, -0.2) is 4.98 Å². The third kappa shape index (κ3) is 3.84. The Morgan fingerprint density at radius 2 is 1.96 bits per heavy atom. The van der Waals surface area contributed by atoms with Gasteiger partial charge in [-0.1, -0.05) is 53.5 Å². The van der Waals surface area contributed by atoms with Crippen LogP contribution in [0.2, 0.25) is 10.2 Å². The Morgan fingerprint density at radius 1 is 1.19 bits per heavy atom. The van der Waals surface area contributed by atoms with E-state index in [-0.39, 0.29) is 11.6 Å². The summed E-state index contributed by atoms with van der Waals surface area (Å²) >= 11 is 12.5. The number of ether oxygens (including phenoxy) is 1. The molecule has 0 aliphatic rings. The fourth-order valence-corrected chi connectivity index (χ4v) is 3.16. The highest BCUT2D eigenvalue weighted by Gasteiger charge is 2.20. The molecule has 0 fully saturated rings. The fourth-order valence-electron chi connectivity index (χ4n) is 2.72. The number of carboxylic acid groups (broad SMARTS) is 1. The van der Waals surface area contributed by atoms with Gasteiger partial charge in [0.05, 0.1) is 25.8 Å². The van der Waals surface area contributed by atoms with Crippen LogP contribution in [0, 0.1) is 0 Å². The monoisotopic (exact) mass is 390 g/mol. The molecule has 1 heterocycles. The Labute approximate surface area is 160 Å². The van der Waals surface area contributed by atoms with E-state index in [2.05, 4.69) is 4.98 Å². The highest BCUT2D eigenvalue weighted by atomic mass is 35.5. The molecule has 5 nitrogen and oxygen atoms in total. The SMILES string of the molecule is COc1cccc(-c2nc(Cl)c(CC(=O)O)n2Cc2ccccc2Cl)c1. The summed E-state index contributed by atoms with van der Waals surface area (Å²) in [4.78, 5) is 15.7.